The predicted molar refractivity (Wildman–Crippen MR) is 61.3 cm³/mol. The Bertz CT molecular complexity index is 457. The van der Waals surface area contributed by atoms with E-state index >= 15 is 0 Å². The second kappa shape index (κ2) is 4.71. The molecule has 0 bridgehead atoms. The fraction of sp³-hybridized carbons (Fsp3) is 0.308. The van der Waals surface area contributed by atoms with E-state index in [-0.39, 0.29) is 0 Å². The van der Waals surface area contributed by atoms with Crippen molar-refractivity contribution in [3.05, 3.63) is 29.8 Å². The molecule has 0 spiro atoms. The summed E-state index contributed by atoms with van der Waals surface area (Å²) in [7, 11) is 0. The number of allylic oxidation sites excluding steroid dienone is 2. The minimum Gasteiger partial charge on any atom is -0.490 e. The maximum Gasteiger partial charge on any atom is 0.161 e. The van der Waals surface area contributed by atoms with Gasteiger partial charge in [-0.05, 0) is 30.2 Å². The van der Waals surface area contributed by atoms with Crippen molar-refractivity contribution in [1.29, 1.82) is 5.26 Å². The number of hydrogen-bond donors (Lipinski definition) is 0. The lowest BCUT2D eigenvalue weighted by atomic mass is 10.1. The molecule has 0 unspecified atom stereocenters. The van der Waals surface area contributed by atoms with E-state index in [1.54, 1.807) is 0 Å². The van der Waals surface area contributed by atoms with Gasteiger partial charge in [-0.1, -0.05) is 6.07 Å². The maximum absolute atomic E-state index is 8.60. The van der Waals surface area contributed by atoms with E-state index in [0.29, 0.717) is 13.2 Å². The number of benzene rings is 1. The van der Waals surface area contributed by atoms with Gasteiger partial charge in [-0.25, -0.2) is 0 Å². The summed E-state index contributed by atoms with van der Waals surface area (Å²) >= 11 is 0. The van der Waals surface area contributed by atoms with Crippen molar-refractivity contribution in [3.63, 3.8) is 0 Å². The summed E-state index contributed by atoms with van der Waals surface area (Å²) in [5.41, 5.74) is 1.92. The highest BCUT2D eigenvalue weighted by Gasteiger charge is 2.10. The fourth-order valence-electron chi connectivity index (χ4n) is 1.59. The molecule has 1 heterocycles. The molecule has 1 aliphatic heterocycles. The van der Waals surface area contributed by atoms with Gasteiger partial charge in [0.05, 0.1) is 19.3 Å². The molecule has 3 heteroatoms. The standard InChI is InChI=1S/C13H13NO2/c1-10(5-6-14)11-3-4-12-13(9-11)16-8-2-7-15-12/h3-5,9H,2,7-8H2,1H3/b10-5-. The predicted octanol–water partition coefficient (Wildman–Crippen LogP) is 2.77. The third-order valence-corrected chi connectivity index (χ3v) is 2.48. The average Bonchev–Trinajstić information content (AvgIpc) is 2.53. The maximum atomic E-state index is 8.60. The topological polar surface area (TPSA) is 42.2 Å². The Labute approximate surface area is 94.9 Å². The smallest absolute Gasteiger partial charge is 0.161 e. The summed E-state index contributed by atoms with van der Waals surface area (Å²) in [5.74, 6) is 1.55. The molecule has 0 N–H and O–H groups in total. The molecule has 0 fully saturated rings. The lowest BCUT2D eigenvalue weighted by molar-refractivity contribution is 0.297. The number of nitrogens with zero attached hydrogens (tertiary/aromatic N) is 1. The van der Waals surface area contributed by atoms with Gasteiger partial charge in [0.2, 0.25) is 0 Å². The van der Waals surface area contributed by atoms with Crippen LogP contribution in [-0.4, -0.2) is 13.2 Å². The van der Waals surface area contributed by atoms with Gasteiger partial charge in [0.25, 0.3) is 0 Å². The van der Waals surface area contributed by atoms with E-state index in [0.717, 1.165) is 29.1 Å². The number of rotatable bonds is 1. The highest BCUT2D eigenvalue weighted by molar-refractivity contribution is 5.68. The molecule has 1 aromatic carbocycles. The zero-order chi connectivity index (χ0) is 11.4. The van der Waals surface area contributed by atoms with E-state index in [1.807, 2.05) is 31.2 Å². The van der Waals surface area contributed by atoms with Gasteiger partial charge in [-0.3, -0.25) is 0 Å². The van der Waals surface area contributed by atoms with Crippen LogP contribution in [0.15, 0.2) is 24.3 Å². The highest BCUT2D eigenvalue weighted by atomic mass is 16.5. The molecule has 0 amide bonds. The van der Waals surface area contributed by atoms with Crippen LogP contribution in [0.5, 0.6) is 11.5 Å². The molecule has 0 aliphatic carbocycles. The third kappa shape index (κ3) is 2.17. The Morgan fingerprint density at radius 2 is 2.06 bits per heavy atom. The summed E-state index contributed by atoms with van der Waals surface area (Å²) in [4.78, 5) is 0. The lowest BCUT2D eigenvalue weighted by Gasteiger charge is -2.09. The van der Waals surface area contributed by atoms with Crippen molar-refractivity contribution in [2.45, 2.75) is 13.3 Å². The van der Waals surface area contributed by atoms with Crippen LogP contribution < -0.4 is 9.47 Å². The van der Waals surface area contributed by atoms with E-state index in [9.17, 15) is 0 Å². The summed E-state index contributed by atoms with van der Waals surface area (Å²) in [6.07, 6.45) is 2.43. The van der Waals surface area contributed by atoms with Gasteiger partial charge in [0.15, 0.2) is 11.5 Å². The van der Waals surface area contributed by atoms with Crippen LogP contribution in [0.3, 0.4) is 0 Å². The van der Waals surface area contributed by atoms with Gasteiger partial charge in [-0.15, -0.1) is 0 Å². The zero-order valence-corrected chi connectivity index (χ0v) is 9.19. The van der Waals surface area contributed by atoms with Gasteiger partial charge < -0.3 is 9.47 Å². The number of fused-ring (bicyclic) bond motifs is 1. The monoisotopic (exact) mass is 215 g/mol. The quantitative estimate of drug-likeness (QED) is 0.676. The third-order valence-electron chi connectivity index (χ3n) is 2.48. The molecule has 3 nitrogen and oxygen atoms in total. The Morgan fingerprint density at radius 1 is 1.31 bits per heavy atom. The first-order chi connectivity index (χ1) is 7.81. The number of ether oxygens (including phenoxy) is 2. The van der Waals surface area contributed by atoms with Crippen molar-refractivity contribution in [2.24, 2.45) is 0 Å². The molecule has 16 heavy (non-hydrogen) atoms. The van der Waals surface area contributed by atoms with Gasteiger partial charge in [0, 0.05) is 12.5 Å². The van der Waals surface area contributed by atoms with Gasteiger partial charge in [-0.2, -0.15) is 5.26 Å². The fourth-order valence-corrected chi connectivity index (χ4v) is 1.59. The molecule has 0 aromatic heterocycles. The van der Waals surface area contributed by atoms with Crippen molar-refractivity contribution in [3.8, 4) is 17.6 Å². The van der Waals surface area contributed by atoms with Crippen LogP contribution in [0.25, 0.3) is 5.57 Å². The van der Waals surface area contributed by atoms with Crippen molar-refractivity contribution in [2.75, 3.05) is 13.2 Å². The molecule has 0 radical (unpaired) electrons. The molecular weight excluding hydrogens is 202 g/mol. The van der Waals surface area contributed by atoms with E-state index in [4.69, 9.17) is 14.7 Å². The van der Waals surface area contributed by atoms with E-state index in [1.165, 1.54) is 6.08 Å². The van der Waals surface area contributed by atoms with E-state index in [2.05, 4.69) is 0 Å². The van der Waals surface area contributed by atoms with Gasteiger partial charge >= 0.3 is 0 Å². The van der Waals surface area contributed by atoms with Crippen LogP contribution in [-0.2, 0) is 0 Å². The van der Waals surface area contributed by atoms with Crippen LogP contribution in [0.4, 0.5) is 0 Å². The second-order valence-electron chi connectivity index (χ2n) is 3.67. The molecule has 1 aromatic rings. The molecule has 0 saturated heterocycles. The van der Waals surface area contributed by atoms with Crippen LogP contribution >= 0.6 is 0 Å². The summed E-state index contributed by atoms with van der Waals surface area (Å²) in [6.45, 7) is 3.28. The Morgan fingerprint density at radius 3 is 2.81 bits per heavy atom. The molecule has 0 atom stereocenters. The Kier molecular flexibility index (Phi) is 3.11. The lowest BCUT2D eigenvalue weighted by Crippen LogP contribution is -1.97. The summed E-state index contributed by atoms with van der Waals surface area (Å²) in [6, 6.07) is 7.78. The van der Waals surface area contributed by atoms with E-state index < -0.39 is 0 Å². The summed E-state index contributed by atoms with van der Waals surface area (Å²) < 4.78 is 11.1. The largest absolute Gasteiger partial charge is 0.490 e. The van der Waals surface area contributed by atoms with Crippen molar-refractivity contribution < 1.29 is 9.47 Å². The minimum atomic E-state index is 0.678. The second-order valence-corrected chi connectivity index (χ2v) is 3.67. The van der Waals surface area contributed by atoms with Crippen molar-refractivity contribution in [1.82, 2.24) is 0 Å². The van der Waals surface area contributed by atoms with Gasteiger partial charge in [0.1, 0.15) is 0 Å². The molecular formula is C13H13NO2. The first-order valence-corrected chi connectivity index (χ1v) is 5.27. The van der Waals surface area contributed by atoms with Crippen LogP contribution in [0.1, 0.15) is 18.9 Å². The normalized spacial score (nSPS) is 15.1. The zero-order valence-electron chi connectivity index (χ0n) is 9.19. The van der Waals surface area contributed by atoms with Crippen molar-refractivity contribution >= 4 is 5.57 Å². The number of hydrogen-bond acceptors (Lipinski definition) is 3. The molecule has 0 saturated carbocycles. The van der Waals surface area contributed by atoms with Crippen LogP contribution in [0, 0.1) is 11.3 Å². The number of nitriles is 1. The molecule has 82 valence electrons. The average molecular weight is 215 g/mol. The minimum absolute atomic E-state index is 0.678. The summed E-state index contributed by atoms with van der Waals surface area (Å²) in [5, 5.41) is 8.60. The first kappa shape index (κ1) is 10.6. The highest BCUT2D eigenvalue weighted by Crippen LogP contribution is 2.32. The molecule has 1 aliphatic rings. The first-order valence-electron chi connectivity index (χ1n) is 5.27. The Balaban J connectivity index is 2.35. The SMILES string of the molecule is C/C(=C/C#N)c1ccc2c(c1)OCCCO2. The Hall–Kier alpha value is -1.95. The molecule has 2 rings (SSSR count). The van der Waals surface area contributed by atoms with Crippen LogP contribution in [0.2, 0.25) is 0 Å².